The van der Waals surface area contributed by atoms with Crippen molar-refractivity contribution in [2.45, 2.75) is 39.5 Å². The zero-order valence-electron chi connectivity index (χ0n) is 9.66. The summed E-state index contributed by atoms with van der Waals surface area (Å²) in [4.78, 5) is 17.3. The summed E-state index contributed by atoms with van der Waals surface area (Å²) in [6.07, 6.45) is 3.17. The molecule has 0 radical (unpaired) electrons. The van der Waals surface area contributed by atoms with Crippen LogP contribution in [0.15, 0.2) is 0 Å². The number of unbranched alkanes of at least 4 members (excludes halogenated alkanes) is 2. The quantitative estimate of drug-likeness (QED) is 0.470. The summed E-state index contributed by atoms with van der Waals surface area (Å²) >= 11 is 0. The van der Waals surface area contributed by atoms with E-state index in [1.807, 2.05) is 13.8 Å². The molecule has 0 heterocycles. The maximum atomic E-state index is 11.8. The normalized spacial score (nSPS) is 12.3. The van der Waals surface area contributed by atoms with Crippen molar-refractivity contribution in [3.63, 3.8) is 0 Å². The first kappa shape index (κ1) is 16.5. The van der Waals surface area contributed by atoms with Crippen LogP contribution < -0.4 is 0 Å². The van der Waals surface area contributed by atoms with Crippen LogP contribution in [0.4, 0.5) is 0 Å². The molecule has 0 aliphatic carbocycles. The Hall–Kier alpha value is 0.460. The summed E-state index contributed by atoms with van der Waals surface area (Å²) in [6, 6.07) is 0. The van der Waals surface area contributed by atoms with Crippen LogP contribution in [0, 0.1) is 0 Å². The lowest BCUT2D eigenvalue weighted by Crippen LogP contribution is -2.00. The molecule has 0 unspecified atom stereocenters. The Morgan fingerprint density at radius 2 is 1.50 bits per heavy atom. The van der Waals surface area contributed by atoms with Crippen LogP contribution in [0.2, 0.25) is 0 Å². The van der Waals surface area contributed by atoms with Crippen molar-refractivity contribution in [3.05, 3.63) is 0 Å². The fourth-order valence-electron chi connectivity index (χ4n) is 0.815. The molecule has 0 saturated carbocycles. The largest absolute Gasteiger partial charge is 0.481 e. The Kier molecular flexibility index (Phi) is 9.76. The fraction of sp³-hybridized carbons (Fsp3) is 1.00. The predicted octanol–water partition coefficient (Wildman–Crippen LogP) is 2.96. The highest BCUT2D eigenvalue weighted by Gasteiger charge is 2.30. The van der Waals surface area contributed by atoms with Crippen molar-refractivity contribution < 1.29 is 27.7 Å². The van der Waals surface area contributed by atoms with Gasteiger partial charge in [-0.1, -0.05) is 26.7 Å². The Balaban J connectivity index is 4.08. The average Bonchev–Trinajstić information content (AvgIpc) is 2.17. The monoisotopic (exact) mass is 274 g/mol. The number of phosphoric acid groups is 1. The van der Waals surface area contributed by atoms with Gasteiger partial charge in [-0.25, -0.2) is 8.88 Å². The van der Waals surface area contributed by atoms with Gasteiger partial charge >= 0.3 is 16.4 Å². The molecule has 0 aromatic carbocycles. The molecular formula is C8H20O6P2. The third-order valence-electron chi connectivity index (χ3n) is 1.67. The molecule has 0 aliphatic rings. The first-order chi connectivity index (χ1) is 7.54. The van der Waals surface area contributed by atoms with E-state index in [1.165, 1.54) is 0 Å². The fourth-order valence-corrected chi connectivity index (χ4v) is 2.69. The van der Waals surface area contributed by atoms with Gasteiger partial charge in [-0.05, 0) is 12.8 Å². The number of hydrogen-bond acceptors (Lipinski definition) is 6. The smallest absolute Gasteiger partial charge is 0.328 e. The van der Waals surface area contributed by atoms with Gasteiger partial charge in [0.2, 0.25) is 0 Å². The van der Waals surface area contributed by atoms with Gasteiger partial charge in [0.1, 0.15) is 0 Å². The predicted molar refractivity (Wildman–Crippen MR) is 61.8 cm³/mol. The first-order valence-corrected chi connectivity index (χ1v) is 7.93. The summed E-state index contributed by atoms with van der Waals surface area (Å²) in [5, 5.41) is 0. The van der Waals surface area contributed by atoms with Crippen LogP contribution in [0.5, 0.6) is 0 Å². The van der Waals surface area contributed by atoms with E-state index in [1.54, 1.807) is 0 Å². The lowest BCUT2D eigenvalue weighted by atomic mass is 10.4. The van der Waals surface area contributed by atoms with Crippen molar-refractivity contribution >= 4 is 16.4 Å². The maximum Gasteiger partial charge on any atom is 0.481 e. The number of rotatable bonds is 10. The van der Waals surface area contributed by atoms with E-state index in [2.05, 4.69) is 4.31 Å². The highest BCUT2D eigenvalue weighted by Crippen LogP contribution is 2.57. The van der Waals surface area contributed by atoms with Crippen LogP contribution in [-0.2, 0) is 17.9 Å². The van der Waals surface area contributed by atoms with Crippen molar-refractivity contribution in [1.82, 2.24) is 0 Å². The third-order valence-corrected chi connectivity index (χ3v) is 4.05. The van der Waals surface area contributed by atoms with E-state index in [9.17, 15) is 4.57 Å². The second-order valence-corrected chi connectivity index (χ2v) is 5.72. The Labute approximate surface area is 97.5 Å². The van der Waals surface area contributed by atoms with Crippen LogP contribution in [0.1, 0.15) is 39.5 Å². The molecule has 0 saturated heterocycles. The molecule has 0 bridgehead atoms. The second kappa shape index (κ2) is 9.49. The van der Waals surface area contributed by atoms with Gasteiger partial charge in [0.15, 0.2) is 0 Å². The molecule has 16 heavy (non-hydrogen) atoms. The number of hydrogen-bond donors (Lipinski definition) is 2. The average molecular weight is 274 g/mol. The molecule has 0 amide bonds. The standard InChI is InChI=1S/C8H20O6P2/c1-3-5-7-12-16(11,14-15(9)10)13-8-6-4-2/h9-10H,3-8H2,1-2H3. The van der Waals surface area contributed by atoms with Gasteiger partial charge in [0, 0.05) is 0 Å². The summed E-state index contributed by atoms with van der Waals surface area (Å²) in [7, 11) is -6.55. The first-order valence-electron chi connectivity index (χ1n) is 5.30. The van der Waals surface area contributed by atoms with E-state index in [4.69, 9.17) is 18.8 Å². The van der Waals surface area contributed by atoms with Crippen molar-refractivity contribution in [2.75, 3.05) is 13.2 Å². The zero-order valence-corrected chi connectivity index (χ0v) is 11.5. The van der Waals surface area contributed by atoms with Crippen LogP contribution in [0.3, 0.4) is 0 Å². The molecule has 0 spiro atoms. The molecule has 6 nitrogen and oxygen atoms in total. The molecule has 0 aromatic rings. The number of phosphoric ester groups is 1. The van der Waals surface area contributed by atoms with Gasteiger partial charge in [0.25, 0.3) is 0 Å². The molecule has 8 heteroatoms. The molecule has 2 N–H and O–H groups in total. The molecule has 0 atom stereocenters. The van der Waals surface area contributed by atoms with E-state index >= 15 is 0 Å². The van der Waals surface area contributed by atoms with Crippen LogP contribution in [0.25, 0.3) is 0 Å². The molecular weight excluding hydrogens is 254 g/mol. The minimum absolute atomic E-state index is 0.211. The Morgan fingerprint density at radius 1 is 1.06 bits per heavy atom. The molecule has 0 aliphatic heterocycles. The summed E-state index contributed by atoms with van der Waals surface area (Å²) in [5.74, 6) is 0. The molecule has 0 aromatic heterocycles. The molecule has 0 rings (SSSR count). The van der Waals surface area contributed by atoms with Crippen molar-refractivity contribution in [1.29, 1.82) is 0 Å². The topological polar surface area (TPSA) is 85.2 Å². The molecule has 98 valence electrons. The van der Waals surface area contributed by atoms with E-state index in [0.717, 1.165) is 12.8 Å². The minimum Gasteiger partial charge on any atom is -0.328 e. The Bertz CT molecular complexity index is 197. The highest BCUT2D eigenvalue weighted by atomic mass is 31.3. The highest BCUT2D eigenvalue weighted by molar-refractivity contribution is 7.58. The molecule has 0 fully saturated rings. The lowest BCUT2D eigenvalue weighted by Gasteiger charge is -2.17. The third kappa shape index (κ3) is 8.59. The summed E-state index contributed by atoms with van der Waals surface area (Å²) < 4.78 is 26.1. The lowest BCUT2D eigenvalue weighted by molar-refractivity contribution is 0.147. The van der Waals surface area contributed by atoms with Gasteiger partial charge in [0.05, 0.1) is 13.2 Å². The van der Waals surface area contributed by atoms with Crippen LogP contribution >= 0.6 is 16.4 Å². The minimum atomic E-state index is -3.81. The zero-order chi connectivity index (χ0) is 12.4. The second-order valence-electron chi connectivity index (χ2n) is 3.16. The van der Waals surface area contributed by atoms with E-state index in [0.29, 0.717) is 12.8 Å². The van der Waals surface area contributed by atoms with Crippen molar-refractivity contribution in [3.8, 4) is 0 Å². The Morgan fingerprint density at radius 3 is 1.81 bits per heavy atom. The SMILES string of the molecule is CCCCOP(=O)(OCCCC)OP(O)O. The van der Waals surface area contributed by atoms with Gasteiger partial charge in [-0.15, -0.1) is 0 Å². The van der Waals surface area contributed by atoms with Crippen molar-refractivity contribution in [2.24, 2.45) is 0 Å². The summed E-state index contributed by atoms with van der Waals surface area (Å²) in [6.45, 7) is 4.34. The van der Waals surface area contributed by atoms with Gasteiger partial charge in [-0.2, -0.15) is 0 Å². The van der Waals surface area contributed by atoms with Crippen LogP contribution in [-0.4, -0.2) is 23.0 Å². The van der Waals surface area contributed by atoms with Gasteiger partial charge < -0.3 is 9.79 Å². The summed E-state index contributed by atoms with van der Waals surface area (Å²) in [5.41, 5.74) is 0. The maximum absolute atomic E-state index is 11.8. The van der Waals surface area contributed by atoms with E-state index < -0.39 is 16.4 Å². The van der Waals surface area contributed by atoms with Gasteiger partial charge in [-0.3, -0.25) is 9.05 Å². The van der Waals surface area contributed by atoms with E-state index in [-0.39, 0.29) is 13.2 Å².